The maximum Gasteiger partial charge on any atom is 0.251 e. The van der Waals surface area contributed by atoms with E-state index in [2.05, 4.69) is 27.9 Å². The molecule has 0 saturated heterocycles. The van der Waals surface area contributed by atoms with Crippen molar-refractivity contribution >= 4 is 28.5 Å². The first kappa shape index (κ1) is 12.4. The third-order valence-corrected chi connectivity index (χ3v) is 2.68. The van der Waals surface area contributed by atoms with Gasteiger partial charge in [-0.3, -0.25) is 4.79 Å². The fraction of sp³-hybridized carbons (Fsp3) is 0.364. The van der Waals surface area contributed by atoms with Gasteiger partial charge in [0.2, 0.25) is 0 Å². The minimum atomic E-state index is -0.0891. The Hall–Kier alpha value is -0.620. The van der Waals surface area contributed by atoms with Crippen molar-refractivity contribution in [3.63, 3.8) is 0 Å². The molecule has 1 unspecified atom stereocenters. The normalized spacial score (nSPS) is 12.2. The van der Waals surface area contributed by atoms with Crippen molar-refractivity contribution in [3.05, 3.63) is 33.4 Å². The van der Waals surface area contributed by atoms with E-state index < -0.39 is 0 Å². The van der Waals surface area contributed by atoms with E-state index in [-0.39, 0.29) is 18.4 Å². The van der Waals surface area contributed by atoms with Crippen molar-refractivity contribution < 1.29 is 9.90 Å². The lowest BCUT2D eigenvalue weighted by Gasteiger charge is -2.09. The molecule has 0 bridgehead atoms. The summed E-state index contributed by atoms with van der Waals surface area (Å²) in [5, 5.41) is 11.6. The zero-order valence-corrected chi connectivity index (χ0v) is 10.7. The fourth-order valence-electron chi connectivity index (χ4n) is 1.06. The summed E-state index contributed by atoms with van der Waals surface area (Å²) in [5.41, 5.74) is 0.659. The maximum atomic E-state index is 11.6. The van der Waals surface area contributed by atoms with Gasteiger partial charge < -0.3 is 10.4 Å². The smallest absolute Gasteiger partial charge is 0.251 e. The van der Waals surface area contributed by atoms with Crippen LogP contribution in [0.5, 0.6) is 0 Å². The van der Waals surface area contributed by atoms with Crippen molar-refractivity contribution in [2.24, 2.45) is 5.92 Å². The molecule has 3 nitrogen and oxygen atoms in total. The van der Waals surface area contributed by atoms with Crippen molar-refractivity contribution in [1.29, 1.82) is 0 Å². The van der Waals surface area contributed by atoms with Gasteiger partial charge in [-0.2, -0.15) is 0 Å². The molecule has 82 valence electrons. The molecule has 0 saturated carbocycles. The van der Waals surface area contributed by atoms with E-state index >= 15 is 0 Å². The average Bonchev–Trinajstić information content (AvgIpc) is 2.25. The molecule has 0 aliphatic carbocycles. The average molecular weight is 319 g/mol. The summed E-state index contributed by atoms with van der Waals surface area (Å²) in [6.45, 7) is 2.47. The largest absolute Gasteiger partial charge is 0.396 e. The van der Waals surface area contributed by atoms with E-state index in [1.165, 1.54) is 0 Å². The van der Waals surface area contributed by atoms with Gasteiger partial charge in [0.25, 0.3) is 5.91 Å². The molecule has 4 heteroatoms. The van der Waals surface area contributed by atoms with Crippen LogP contribution in [0.15, 0.2) is 24.3 Å². The number of carbonyl (C=O) groups is 1. The minimum Gasteiger partial charge on any atom is -0.396 e. The molecule has 1 aromatic rings. The third kappa shape index (κ3) is 4.17. The van der Waals surface area contributed by atoms with Gasteiger partial charge in [-0.25, -0.2) is 0 Å². The maximum absolute atomic E-state index is 11.6. The third-order valence-electron chi connectivity index (χ3n) is 2.01. The van der Waals surface area contributed by atoms with Crippen LogP contribution in [0.2, 0.25) is 0 Å². The Bertz CT molecular complexity index is 341. The van der Waals surface area contributed by atoms with E-state index in [4.69, 9.17) is 5.11 Å². The second-order valence-corrected chi connectivity index (χ2v) is 4.75. The summed E-state index contributed by atoms with van der Waals surface area (Å²) in [6, 6.07) is 7.40. The Morgan fingerprint density at radius 3 is 2.93 bits per heavy atom. The van der Waals surface area contributed by atoms with Crippen LogP contribution in [0, 0.1) is 9.49 Å². The highest BCUT2D eigenvalue weighted by molar-refractivity contribution is 14.1. The monoisotopic (exact) mass is 319 g/mol. The summed E-state index contributed by atoms with van der Waals surface area (Å²) in [4.78, 5) is 11.6. The molecule has 0 aliphatic heterocycles. The highest BCUT2D eigenvalue weighted by Gasteiger charge is 2.06. The van der Waals surface area contributed by atoms with E-state index in [1.54, 1.807) is 6.07 Å². The summed E-state index contributed by atoms with van der Waals surface area (Å²) in [7, 11) is 0. The first-order valence-electron chi connectivity index (χ1n) is 4.78. The Labute approximate surface area is 103 Å². The van der Waals surface area contributed by atoms with Crippen LogP contribution in [0.3, 0.4) is 0 Å². The van der Waals surface area contributed by atoms with E-state index in [1.807, 2.05) is 25.1 Å². The quantitative estimate of drug-likeness (QED) is 0.829. The van der Waals surface area contributed by atoms with Crippen molar-refractivity contribution in [2.75, 3.05) is 13.2 Å². The Morgan fingerprint density at radius 1 is 1.60 bits per heavy atom. The van der Waals surface area contributed by atoms with Crippen LogP contribution >= 0.6 is 22.6 Å². The zero-order chi connectivity index (χ0) is 11.3. The Kier molecular flexibility index (Phi) is 5.04. The molecule has 1 aromatic carbocycles. The van der Waals surface area contributed by atoms with Crippen LogP contribution < -0.4 is 5.32 Å². The molecule has 1 rings (SSSR count). The molecule has 0 aromatic heterocycles. The van der Waals surface area contributed by atoms with E-state index in [0.717, 1.165) is 3.57 Å². The van der Waals surface area contributed by atoms with Crippen molar-refractivity contribution in [3.8, 4) is 0 Å². The number of amides is 1. The number of hydrogen-bond acceptors (Lipinski definition) is 2. The topological polar surface area (TPSA) is 49.3 Å². The number of nitrogens with one attached hydrogen (secondary N) is 1. The highest BCUT2D eigenvalue weighted by atomic mass is 127. The van der Waals surface area contributed by atoms with Gasteiger partial charge in [-0.15, -0.1) is 0 Å². The molecule has 2 N–H and O–H groups in total. The van der Waals surface area contributed by atoms with E-state index in [0.29, 0.717) is 12.1 Å². The van der Waals surface area contributed by atoms with Crippen molar-refractivity contribution in [1.82, 2.24) is 5.32 Å². The molecule has 0 aliphatic rings. The van der Waals surface area contributed by atoms with Crippen LogP contribution in [-0.4, -0.2) is 24.2 Å². The second kappa shape index (κ2) is 6.07. The highest BCUT2D eigenvalue weighted by Crippen LogP contribution is 2.07. The summed E-state index contributed by atoms with van der Waals surface area (Å²) in [5.74, 6) is 0.00514. The number of hydrogen-bond donors (Lipinski definition) is 2. The Morgan fingerprint density at radius 2 is 2.33 bits per heavy atom. The molecule has 0 spiro atoms. The second-order valence-electron chi connectivity index (χ2n) is 3.51. The van der Waals surface area contributed by atoms with Crippen LogP contribution in [0.1, 0.15) is 17.3 Å². The molecule has 15 heavy (non-hydrogen) atoms. The standard InChI is InChI=1S/C11H14INO2/c1-8(7-14)6-13-11(15)9-3-2-4-10(12)5-9/h2-5,8,14H,6-7H2,1H3,(H,13,15). The number of rotatable bonds is 4. The number of aliphatic hydroxyl groups is 1. The van der Waals surface area contributed by atoms with Crippen LogP contribution in [-0.2, 0) is 0 Å². The molecule has 0 fully saturated rings. The van der Waals surface area contributed by atoms with Gasteiger partial charge in [0, 0.05) is 22.3 Å². The van der Waals surface area contributed by atoms with Gasteiger partial charge >= 0.3 is 0 Å². The molecular formula is C11H14INO2. The predicted molar refractivity (Wildman–Crippen MR) is 67.7 cm³/mol. The fourth-order valence-corrected chi connectivity index (χ4v) is 1.61. The predicted octanol–water partition coefficient (Wildman–Crippen LogP) is 1.65. The number of halogens is 1. The lowest BCUT2D eigenvalue weighted by atomic mass is 10.2. The molecule has 0 radical (unpaired) electrons. The lowest BCUT2D eigenvalue weighted by Crippen LogP contribution is -2.29. The molecule has 1 atom stereocenters. The van der Waals surface area contributed by atoms with Gasteiger partial charge in [-0.05, 0) is 46.7 Å². The van der Waals surface area contributed by atoms with Crippen LogP contribution in [0.25, 0.3) is 0 Å². The van der Waals surface area contributed by atoms with E-state index in [9.17, 15) is 4.79 Å². The number of carbonyl (C=O) groups excluding carboxylic acids is 1. The van der Waals surface area contributed by atoms with Crippen molar-refractivity contribution in [2.45, 2.75) is 6.92 Å². The summed E-state index contributed by atoms with van der Waals surface area (Å²) in [6.07, 6.45) is 0. The summed E-state index contributed by atoms with van der Waals surface area (Å²) >= 11 is 2.17. The van der Waals surface area contributed by atoms with Gasteiger partial charge in [0.05, 0.1) is 0 Å². The minimum absolute atomic E-state index is 0.0891. The molecule has 1 amide bonds. The first-order chi connectivity index (χ1) is 7.13. The first-order valence-corrected chi connectivity index (χ1v) is 5.86. The zero-order valence-electron chi connectivity index (χ0n) is 8.53. The van der Waals surface area contributed by atoms with Gasteiger partial charge in [-0.1, -0.05) is 13.0 Å². The number of benzene rings is 1. The van der Waals surface area contributed by atoms with Gasteiger partial charge in [0.15, 0.2) is 0 Å². The van der Waals surface area contributed by atoms with Crippen LogP contribution in [0.4, 0.5) is 0 Å². The SMILES string of the molecule is CC(CO)CNC(=O)c1cccc(I)c1. The molecule has 0 heterocycles. The Balaban J connectivity index is 2.54. The lowest BCUT2D eigenvalue weighted by molar-refractivity contribution is 0.0942. The number of aliphatic hydroxyl groups excluding tert-OH is 1. The van der Waals surface area contributed by atoms with Gasteiger partial charge in [0.1, 0.15) is 0 Å². The molecular weight excluding hydrogens is 305 g/mol. The summed E-state index contributed by atoms with van der Waals surface area (Å²) < 4.78 is 1.04.